The maximum atomic E-state index is 11.9. The van der Waals surface area contributed by atoms with Crippen LogP contribution in [0.5, 0.6) is 0 Å². The molecule has 0 aromatic carbocycles. The molecular weight excluding hydrogens is 264 g/mol. The van der Waals surface area contributed by atoms with Gasteiger partial charge >= 0.3 is 18.0 Å². The molecule has 0 saturated carbocycles. The number of amides is 2. The van der Waals surface area contributed by atoms with Gasteiger partial charge < -0.3 is 20.1 Å². The normalized spacial score (nSPS) is 17.9. The number of methoxy groups -OCH3 is 1. The summed E-state index contributed by atoms with van der Waals surface area (Å²) in [6, 6.07) is -0.733. The molecule has 0 aromatic heterocycles. The van der Waals surface area contributed by atoms with Gasteiger partial charge in [0.05, 0.1) is 7.11 Å². The minimum absolute atomic E-state index is 0.157. The smallest absolute Gasteiger partial charge is 0.328 e. The first kappa shape index (κ1) is 16.3. The minimum Gasteiger partial charge on any atom is -0.481 e. The highest BCUT2D eigenvalue weighted by molar-refractivity contribution is 5.84. The first-order chi connectivity index (χ1) is 9.56. The van der Waals surface area contributed by atoms with Crippen molar-refractivity contribution in [3.05, 3.63) is 0 Å². The Labute approximate surface area is 118 Å². The summed E-state index contributed by atoms with van der Waals surface area (Å²) in [6.45, 7) is 1.05. The molecule has 0 bridgehead atoms. The molecular formula is C13H22N2O5. The van der Waals surface area contributed by atoms with Gasteiger partial charge in [-0.2, -0.15) is 0 Å². The highest BCUT2D eigenvalue weighted by Gasteiger charge is 2.34. The van der Waals surface area contributed by atoms with E-state index in [0.717, 1.165) is 19.3 Å². The van der Waals surface area contributed by atoms with Crippen LogP contribution in [0, 0.1) is 0 Å². The summed E-state index contributed by atoms with van der Waals surface area (Å²) in [5, 5.41) is 11.2. The number of urea groups is 1. The Balaban J connectivity index is 2.21. The van der Waals surface area contributed by atoms with E-state index >= 15 is 0 Å². The molecule has 2 N–H and O–H groups in total. The lowest BCUT2D eigenvalue weighted by atomic mass is 10.2. The summed E-state index contributed by atoms with van der Waals surface area (Å²) in [7, 11) is 1.32. The first-order valence-electron chi connectivity index (χ1n) is 6.90. The Kier molecular flexibility index (Phi) is 6.83. The molecule has 7 nitrogen and oxygen atoms in total. The molecule has 0 radical (unpaired) electrons. The number of likely N-dealkylation sites (tertiary alicyclic amines) is 1. The molecule has 0 aliphatic carbocycles. The molecule has 1 aliphatic heterocycles. The second kappa shape index (κ2) is 8.39. The van der Waals surface area contributed by atoms with Crippen molar-refractivity contribution in [1.82, 2.24) is 10.2 Å². The number of hydrogen-bond acceptors (Lipinski definition) is 4. The molecule has 0 aromatic rings. The van der Waals surface area contributed by atoms with Crippen molar-refractivity contribution in [1.29, 1.82) is 0 Å². The van der Waals surface area contributed by atoms with Gasteiger partial charge in [0.25, 0.3) is 0 Å². The van der Waals surface area contributed by atoms with Gasteiger partial charge in [-0.3, -0.25) is 4.79 Å². The van der Waals surface area contributed by atoms with Crippen LogP contribution in [0.1, 0.15) is 38.5 Å². The number of unbranched alkanes of at least 4 members (excludes halogenated alkanes) is 2. The number of carboxylic acid groups (broad SMARTS) is 1. The van der Waals surface area contributed by atoms with Crippen molar-refractivity contribution in [2.45, 2.75) is 44.6 Å². The van der Waals surface area contributed by atoms with Crippen molar-refractivity contribution in [2.24, 2.45) is 0 Å². The summed E-state index contributed by atoms with van der Waals surface area (Å²) in [4.78, 5) is 35.3. The summed E-state index contributed by atoms with van der Waals surface area (Å²) in [5.74, 6) is -1.17. The number of esters is 1. The van der Waals surface area contributed by atoms with E-state index in [2.05, 4.69) is 10.1 Å². The van der Waals surface area contributed by atoms with Gasteiger partial charge in [-0.25, -0.2) is 9.59 Å². The van der Waals surface area contributed by atoms with Crippen molar-refractivity contribution < 1.29 is 24.2 Å². The van der Waals surface area contributed by atoms with Crippen LogP contribution < -0.4 is 5.32 Å². The molecule has 1 atom stereocenters. The van der Waals surface area contributed by atoms with Gasteiger partial charge in [0.15, 0.2) is 0 Å². The van der Waals surface area contributed by atoms with Gasteiger partial charge in [0.1, 0.15) is 6.04 Å². The van der Waals surface area contributed by atoms with Crippen molar-refractivity contribution in [2.75, 3.05) is 20.2 Å². The average molecular weight is 286 g/mol. The van der Waals surface area contributed by atoms with Gasteiger partial charge in [0.2, 0.25) is 0 Å². The average Bonchev–Trinajstić information content (AvgIpc) is 2.90. The first-order valence-corrected chi connectivity index (χ1v) is 6.90. The van der Waals surface area contributed by atoms with E-state index in [1.165, 1.54) is 12.0 Å². The predicted octanol–water partition coefficient (Wildman–Crippen LogP) is 0.978. The zero-order chi connectivity index (χ0) is 15.0. The van der Waals surface area contributed by atoms with E-state index in [0.29, 0.717) is 25.9 Å². The van der Waals surface area contributed by atoms with Crippen LogP contribution in [0.2, 0.25) is 0 Å². The molecule has 1 heterocycles. The number of aliphatic carboxylic acids is 1. The second-order valence-corrected chi connectivity index (χ2v) is 4.81. The third-order valence-electron chi connectivity index (χ3n) is 3.33. The number of rotatable bonds is 7. The quantitative estimate of drug-likeness (QED) is 0.537. The van der Waals surface area contributed by atoms with E-state index in [-0.39, 0.29) is 18.4 Å². The van der Waals surface area contributed by atoms with Gasteiger partial charge in [-0.05, 0) is 25.7 Å². The highest BCUT2D eigenvalue weighted by Crippen LogP contribution is 2.18. The number of ether oxygens (including phenoxy) is 1. The van der Waals surface area contributed by atoms with Crippen LogP contribution in [0.15, 0.2) is 0 Å². The molecule has 0 spiro atoms. The van der Waals surface area contributed by atoms with Crippen LogP contribution in [0.4, 0.5) is 4.79 Å². The molecule has 114 valence electrons. The van der Waals surface area contributed by atoms with Crippen LogP contribution in [-0.4, -0.2) is 54.2 Å². The van der Waals surface area contributed by atoms with E-state index in [9.17, 15) is 14.4 Å². The van der Waals surface area contributed by atoms with E-state index < -0.39 is 12.0 Å². The number of carboxylic acids is 1. The number of carbonyl (C=O) groups excluding carboxylic acids is 2. The van der Waals surface area contributed by atoms with Gasteiger partial charge in [-0.15, -0.1) is 0 Å². The lowest BCUT2D eigenvalue weighted by Gasteiger charge is -2.22. The topological polar surface area (TPSA) is 95.9 Å². The van der Waals surface area contributed by atoms with Crippen molar-refractivity contribution in [3.63, 3.8) is 0 Å². The van der Waals surface area contributed by atoms with Crippen LogP contribution in [0.3, 0.4) is 0 Å². The van der Waals surface area contributed by atoms with Crippen molar-refractivity contribution >= 4 is 18.0 Å². The number of nitrogens with one attached hydrogen (secondary N) is 1. The van der Waals surface area contributed by atoms with Crippen LogP contribution in [0.25, 0.3) is 0 Å². The number of nitrogens with zero attached hydrogens (tertiary/aromatic N) is 1. The van der Waals surface area contributed by atoms with E-state index in [4.69, 9.17) is 5.11 Å². The summed E-state index contributed by atoms with van der Waals surface area (Å²) in [6.07, 6.45) is 3.69. The minimum atomic E-state index is -0.799. The van der Waals surface area contributed by atoms with Gasteiger partial charge in [-0.1, -0.05) is 6.42 Å². The zero-order valence-corrected chi connectivity index (χ0v) is 11.8. The molecule has 1 aliphatic rings. The fourth-order valence-electron chi connectivity index (χ4n) is 2.27. The fourth-order valence-corrected chi connectivity index (χ4v) is 2.27. The third kappa shape index (κ3) is 5.07. The van der Waals surface area contributed by atoms with Crippen LogP contribution in [-0.2, 0) is 14.3 Å². The largest absolute Gasteiger partial charge is 0.481 e. The standard InChI is InChI=1S/C13H22N2O5/c1-20-12(18)10-6-5-9-15(10)13(19)14-8-4-2-3-7-11(16)17/h10H,2-9H2,1H3,(H,14,19)(H,16,17). The lowest BCUT2D eigenvalue weighted by molar-refractivity contribution is -0.145. The molecule has 1 rings (SSSR count). The predicted molar refractivity (Wildman–Crippen MR) is 71.2 cm³/mol. The molecule has 1 fully saturated rings. The fraction of sp³-hybridized carbons (Fsp3) is 0.769. The molecule has 7 heteroatoms. The molecule has 1 unspecified atom stereocenters. The number of hydrogen-bond donors (Lipinski definition) is 2. The SMILES string of the molecule is COC(=O)C1CCCN1C(=O)NCCCCCC(=O)O. The monoisotopic (exact) mass is 286 g/mol. The maximum absolute atomic E-state index is 11.9. The van der Waals surface area contributed by atoms with E-state index in [1.807, 2.05) is 0 Å². The summed E-state index contributed by atoms with van der Waals surface area (Å²) >= 11 is 0. The summed E-state index contributed by atoms with van der Waals surface area (Å²) < 4.78 is 4.68. The number of carbonyl (C=O) groups is 3. The third-order valence-corrected chi connectivity index (χ3v) is 3.33. The maximum Gasteiger partial charge on any atom is 0.328 e. The Morgan fingerprint density at radius 3 is 2.70 bits per heavy atom. The zero-order valence-electron chi connectivity index (χ0n) is 11.8. The molecule has 1 saturated heterocycles. The Morgan fingerprint density at radius 2 is 2.05 bits per heavy atom. The Morgan fingerprint density at radius 1 is 1.30 bits per heavy atom. The highest BCUT2D eigenvalue weighted by atomic mass is 16.5. The Hall–Kier alpha value is -1.79. The van der Waals surface area contributed by atoms with Crippen molar-refractivity contribution in [3.8, 4) is 0 Å². The molecule has 2 amide bonds. The van der Waals surface area contributed by atoms with Gasteiger partial charge in [0, 0.05) is 19.5 Å². The second-order valence-electron chi connectivity index (χ2n) is 4.81. The Bertz CT molecular complexity index is 359. The lowest BCUT2D eigenvalue weighted by Crippen LogP contribution is -2.46. The molecule has 20 heavy (non-hydrogen) atoms. The van der Waals surface area contributed by atoms with Crippen LogP contribution >= 0.6 is 0 Å². The van der Waals surface area contributed by atoms with E-state index in [1.54, 1.807) is 0 Å². The summed E-state index contributed by atoms with van der Waals surface area (Å²) in [5.41, 5.74) is 0.